The van der Waals surface area contributed by atoms with Crippen molar-refractivity contribution in [2.75, 3.05) is 7.11 Å². The topological polar surface area (TPSA) is 76.7 Å². The summed E-state index contributed by atoms with van der Waals surface area (Å²) in [6, 6.07) is 3.34. The molecule has 1 aromatic heterocycles. The zero-order chi connectivity index (χ0) is 12.0. The Bertz CT molecular complexity index is 402. The fourth-order valence-corrected chi connectivity index (χ4v) is 1.10. The Morgan fingerprint density at radius 2 is 2.25 bits per heavy atom. The predicted molar refractivity (Wildman–Crippen MR) is 55.7 cm³/mol. The van der Waals surface area contributed by atoms with Crippen molar-refractivity contribution in [3.8, 4) is 0 Å². The largest absolute Gasteiger partial charge is 0.478 e. The van der Waals surface area contributed by atoms with Gasteiger partial charge in [0.1, 0.15) is 11.5 Å². The molecule has 1 rings (SSSR count). The van der Waals surface area contributed by atoms with E-state index in [4.69, 9.17) is 9.52 Å². The quantitative estimate of drug-likeness (QED) is 0.605. The fourth-order valence-electron chi connectivity index (χ4n) is 1.10. The van der Waals surface area contributed by atoms with Gasteiger partial charge in [-0.3, -0.25) is 4.79 Å². The van der Waals surface area contributed by atoms with E-state index in [0.29, 0.717) is 17.9 Å². The molecule has 1 N–H and O–H groups in total. The monoisotopic (exact) mass is 224 g/mol. The van der Waals surface area contributed by atoms with Crippen molar-refractivity contribution in [1.29, 1.82) is 0 Å². The number of methoxy groups -OCH3 is 1. The van der Waals surface area contributed by atoms with E-state index in [-0.39, 0.29) is 12.4 Å². The van der Waals surface area contributed by atoms with Gasteiger partial charge in [0.2, 0.25) is 0 Å². The average Bonchev–Trinajstić information content (AvgIpc) is 2.71. The van der Waals surface area contributed by atoms with Gasteiger partial charge in [0.05, 0.1) is 13.5 Å². The fraction of sp³-hybridized carbons (Fsp3) is 0.273. The molecule has 1 heterocycles. The number of aliphatic carboxylic acids is 1. The van der Waals surface area contributed by atoms with Crippen molar-refractivity contribution >= 4 is 18.0 Å². The first-order valence-corrected chi connectivity index (χ1v) is 4.68. The minimum Gasteiger partial charge on any atom is -0.478 e. The molecule has 0 bridgehead atoms. The summed E-state index contributed by atoms with van der Waals surface area (Å²) in [6.45, 7) is 0. The number of carbonyl (C=O) groups excluding carboxylic acids is 1. The summed E-state index contributed by atoms with van der Waals surface area (Å²) in [5.41, 5.74) is 0. The van der Waals surface area contributed by atoms with Crippen LogP contribution in [-0.2, 0) is 20.7 Å². The molecule has 5 heteroatoms. The van der Waals surface area contributed by atoms with Crippen LogP contribution in [0.15, 0.2) is 22.6 Å². The van der Waals surface area contributed by atoms with Crippen LogP contribution in [0.5, 0.6) is 0 Å². The van der Waals surface area contributed by atoms with Crippen molar-refractivity contribution in [1.82, 2.24) is 0 Å². The minimum absolute atomic E-state index is 0.242. The van der Waals surface area contributed by atoms with E-state index < -0.39 is 5.97 Å². The summed E-state index contributed by atoms with van der Waals surface area (Å²) in [4.78, 5) is 21.1. The van der Waals surface area contributed by atoms with Crippen LogP contribution in [0, 0.1) is 0 Å². The lowest BCUT2D eigenvalue weighted by Crippen LogP contribution is -2.01. The molecule has 0 aliphatic heterocycles. The van der Waals surface area contributed by atoms with E-state index >= 15 is 0 Å². The summed E-state index contributed by atoms with van der Waals surface area (Å²) in [5.74, 6) is -0.274. The molecule has 0 fully saturated rings. The van der Waals surface area contributed by atoms with Gasteiger partial charge < -0.3 is 14.3 Å². The highest BCUT2D eigenvalue weighted by Crippen LogP contribution is 2.11. The van der Waals surface area contributed by atoms with Gasteiger partial charge in [-0.1, -0.05) is 0 Å². The number of ether oxygens (including phenoxy) is 1. The van der Waals surface area contributed by atoms with Crippen LogP contribution in [0.25, 0.3) is 6.08 Å². The molecule has 16 heavy (non-hydrogen) atoms. The molecule has 0 amide bonds. The van der Waals surface area contributed by atoms with Gasteiger partial charge >= 0.3 is 11.9 Å². The Kier molecular flexibility index (Phi) is 4.32. The molecule has 5 nitrogen and oxygen atoms in total. The first-order valence-electron chi connectivity index (χ1n) is 4.68. The second-order valence-corrected chi connectivity index (χ2v) is 3.05. The summed E-state index contributed by atoms with van der Waals surface area (Å²) in [7, 11) is 1.32. The highest BCUT2D eigenvalue weighted by Gasteiger charge is 2.04. The third-order valence-electron chi connectivity index (χ3n) is 1.88. The van der Waals surface area contributed by atoms with Gasteiger partial charge in [-0.25, -0.2) is 4.79 Å². The number of hydrogen-bond donors (Lipinski definition) is 1. The molecular formula is C11H12O5. The lowest BCUT2D eigenvalue weighted by Gasteiger charge is -1.95. The van der Waals surface area contributed by atoms with Gasteiger partial charge in [-0.05, 0) is 18.2 Å². The second kappa shape index (κ2) is 5.75. The maximum absolute atomic E-state index is 10.9. The van der Waals surface area contributed by atoms with Crippen molar-refractivity contribution < 1.29 is 23.8 Å². The maximum atomic E-state index is 10.9. The van der Waals surface area contributed by atoms with Gasteiger partial charge in [-0.2, -0.15) is 0 Å². The van der Waals surface area contributed by atoms with Crippen molar-refractivity contribution in [2.45, 2.75) is 12.8 Å². The van der Waals surface area contributed by atoms with E-state index in [1.807, 2.05) is 0 Å². The number of aryl methyl sites for hydroxylation is 1. The van der Waals surface area contributed by atoms with Gasteiger partial charge in [0, 0.05) is 12.5 Å². The Morgan fingerprint density at radius 3 is 2.88 bits per heavy atom. The first-order chi connectivity index (χ1) is 7.61. The predicted octanol–water partition coefficient (Wildman–Crippen LogP) is 1.48. The second-order valence-electron chi connectivity index (χ2n) is 3.05. The first kappa shape index (κ1) is 12.0. The molecule has 0 unspecified atom stereocenters. The highest BCUT2D eigenvalue weighted by atomic mass is 16.5. The van der Waals surface area contributed by atoms with Crippen molar-refractivity contribution in [3.05, 3.63) is 29.7 Å². The van der Waals surface area contributed by atoms with Crippen LogP contribution in [0.1, 0.15) is 17.9 Å². The van der Waals surface area contributed by atoms with E-state index in [2.05, 4.69) is 4.74 Å². The Morgan fingerprint density at radius 1 is 1.50 bits per heavy atom. The highest BCUT2D eigenvalue weighted by molar-refractivity contribution is 5.84. The molecule has 0 radical (unpaired) electrons. The third kappa shape index (κ3) is 4.00. The van der Waals surface area contributed by atoms with Gasteiger partial charge in [0.25, 0.3) is 0 Å². The molecular weight excluding hydrogens is 212 g/mol. The summed E-state index contributed by atoms with van der Waals surface area (Å²) >= 11 is 0. The maximum Gasteiger partial charge on any atom is 0.328 e. The van der Waals surface area contributed by atoms with Crippen LogP contribution in [0.4, 0.5) is 0 Å². The lowest BCUT2D eigenvalue weighted by molar-refractivity contribution is -0.140. The van der Waals surface area contributed by atoms with Crippen LogP contribution >= 0.6 is 0 Å². The molecule has 0 spiro atoms. The van der Waals surface area contributed by atoms with E-state index in [1.165, 1.54) is 13.2 Å². The average molecular weight is 224 g/mol. The lowest BCUT2D eigenvalue weighted by atomic mass is 10.2. The van der Waals surface area contributed by atoms with Gasteiger partial charge in [0.15, 0.2) is 0 Å². The molecule has 0 atom stereocenters. The zero-order valence-electron chi connectivity index (χ0n) is 8.80. The number of furan rings is 1. The molecule has 1 aromatic rings. The number of carbonyl (C=O) groups is 2. The number of carboxylic acids is 1. The van der Waals surface area contributed by atoms with E-state index in [9.17, 15) is 9.59 Å². The SMILES string of the molecule is COC(=O)CCc1ccc(/C=C/C(=O)O)o1. The standard InChI is InChI=1S/C11H12O5/c1-15-11(14)7-5-9-3-2-8(16-9)4-6-10(12)13/h2-4,6H,5,7H2,1H3,(H,12,13)/b6-4+. The Labute approximate surface area is 92.3 Å². The van der Waals surface area contributed by atoms with Crippen LogP contribution in [0.3, 0.4) is 0 Å². The molecule has 0 aromatic carbocycles. The smallest absolute Gasteiger partial charge is 0.328 e. The minimum atomic E-state index is -1.03. The number of esters is 1. The number of rotatable bonds is 5. The van der Waals surface area contributed by atoms with E-state index in [0.717, 1.165) is 6.08 Å². The molecule has 0 saturated carbocycles. The normalized spacial score (nSPS) is 10.6. The molecule has 0 saturated heterocycles. The third-order valence-corrected chi connectivity index (χ3v) is 1.88. The van der Waals surface area contributed by atoms with Crippen LogP contribution in [-0.4, -0.2) is 24.2 Å². The molecule has 0 aliphatic carbocycles. The Balaban J connectivity index is 2.51. The van der Waals surface area contributed by atoms with Gasteiger partial charge in [-0.15, -0.1) is 0 Å². The summed E-state index contributed by atoms with van der Waals surface area (Å²) in [6.07, 6.45) is 3.02. The van der Waals surface area contributed by atoms with E-state index in [1.54, 1.807) is 12.1 Å². The van der Waals surface area contributed by atoms with Crippen LogP contribution < -0.4 is 0 Å². The summed E-state index contributed by atoms with van der Waals surface area (Å²) < 4.78 is 9.76. The Hall–Kier alpha value is -2.04. The number of hydrogen-bond acceptors (Lipinski definition) is 4. The van der Waals surface area contributed by atoms with Crippen molar-refractivity contribution in [3.63, 3.8) is 0 Å². The zero-order valence-corrected chi connectivity index (χ0v) is 8.80. The summed E-state index contributed by atoms with van der Waals surface area (Å²) in [5, 5.41) is 8.40. The van der Waals surface area contributed by atoms with Crippen LogP contribution in [0.2, 0.25) is 0 Å². The molecule has 86 valence electrons. The van der Waals surface area contributed by atoms with Crippen molar-refractivity contribution in [2.24, 2.45) is 0 Å². The number of carboxylic acid groups (broad SMARTS) is 1. The molecule has 0 aliphatic rings.